The number of anilines is 1. The van der Waals surface area contributed by atoms with E-state index in [9.17, 15) is 23.2 Å². The molecule has 0 radical (unpaired) electrons. The van der Waals surface area contributed by atoms with Crippen molar-refractivity contribution in [3.05, 3.63) is 102 Å². The van der Waals surface area contributed by atoms with E-state index >= 15 is 0 Å². The van der Waals surface area contributed by atoms with Crippen LogP contribution in [0, 0.1) is 11.6 Å². The molecule has 1 fully saturated rings. The van der Waals surface area contributed by atoms with Crippen LogP contribution in [0.5, 0.6) is 0 Å². The Morgan fingerprint density at radius 1 is 0.906 bits per heavy atom. The molecule has 3 aromatic carbocycles. The minimum absolute atomic E-state index is 0.0959. The van der Waals surface area contributed by atoms with Gasteiger partial charge >= 0.3 is 0 Å². The molecular formula is C25H20F2N2O3. The van der Waals surface area contributed by atoms with E-state index < -0.39 is 35.4 Å². The maximum absolute atomic E-state index is 13.7. The SMILES string of the molecule is O=C1C[C@@H](N(CCc2ccccc2)C(=O)c2cccc(F)c2)C(=O)N1c1ccc(F)cc1. The Labute approximate surface area is 183 Å². The fourth-order valence-electron chi connectivity index (χ4n) is 3.80. The van der Waals surface area contributed by atoms with Crippen molar-refractivity contribution in [2.24, 2.45) is 0 Å². The van der Waals surface area contributed by atoms with Crippen LogP contribution in [0.4, 0.5) is 14.5 Å². The lowest BCUT2D eigenvalue weighted by Gasteiger charge is -2.28. The molecule has 0 aliphatic carbocycles. The third-order valence-corrected chi connectivity index (χ3v) is 5.40. The second-order valence-corrected chi connectivity index (χ2v) is 7.51. The second kappa shape index (κ2) is 9.09. The molecule has 0 saturated carbocycles. The lowest BCUT2D eigenvalue weighted by molar-refractivity contribution is -0.122. The summed E-state index contributed by atoms with van der Waals surface area (Å²) < 4.78 is 27.0. The van der Waals surface area contributed by atoms with Gasteiger partial charge in [-0.25, -0.2) is 13.7 Å². The Hall–Kier alpha value is -3.87. The molecule has 1 saturated heterocycles. The first-order valence-electron chi connectivity index (χ1n) is 10.2. The minimum Gasteiger partial charge on any atom is -0.326 e. The lowest BCUT2D eigenvalue weighted by atomic mass is 10.1. The number of benzene rings is 3. The van der Waals surface area contributed by atoms with Gasteiger partial charge in [-0.3, -0.25) is 14.4 Å². The van der Waals surface area contributed by atoms with Crippen LogP contribution < -0.4 is 4.90 Å². The molecule has 0 N–H and O–H groups in total. The topological polar surface area (TPSA) is 57.7 Å². The third kappa shape index (κ3) is 4.42. The summed E-state index contributed by atoms with van der Waals surface area (Å²) in [6.45, 7) is 0.167. The van der Waals surface area contributed by atoms with Gasteiger partial charge in [-0.1, -0.05) is 36.4 Å². The van der Waals surface area contributed by atoms with E-state index in [0.717, 1.165) is 28.7 Å². The average Bonchev–Trinajstić information content (AvgIpc) is 3.09. The van der Waals surface area contributed by atoms with Crippen molar-refractivity contribution in [2.75, 3.05) is 11.4 Å². The molecule has 162 valence electrons. The van der Waals surface area contributed by atoms with E-state index in [2.05, 4.69) is 0 Å². The van der Waals surface area contributed by atoms with E-state index in [-0.39, 0.29) is 24.2 Å². The molecular weight excluding hydrogens is 414 g/mol. The number of hydrogen-bond acceptors (Lipinski definition) is 3. The summed E-state index contributed by atoms with van der Waals surface area (Å²) in [4.78, 5) is 41.5. The van der Waals surface area contributed by atoms with Gasteiger partial charge in [0.2, 0.25) is 5.91 Å². The second-order valence-electron chi connectivity index (χ2n) is 7.51. The van der Waals surface area contributed by atoms with E-state index in [1.807, 2.05) is 30.3 Å². The molecule has 5 nitrogen and oxygen atoms in total. The van der Waals surface area contributed by atoms with Crippen LogP contribution in [0.2, 0.25) is 0 Å². The molecule has 7 heteroatoms. The maximum atomic E-state index is 13.7. The normalized spacial score (nSPS) is 15.8. The zero-order chi connectivity index (χ0) is 22.7. The van der Waals surface area contributed by atoms with Gasteiger partial charge in [-0.2, -0.15) is 0 Å². The maximum Gasteiger partial charge on any atom is 0.257 e. The van der Waals surface area contributed by atoms with Gasteiger partial charge in [0.1, 0.15) is 17.7 Å². The van der Waals surface area contributed by atoms with E-state index in [0.29, 0.717) is 6.42 Å². The number of nitrogens with zero attached hydrogens (tertiary/aromatic N) is 2. The smallest absolute Gasteiger partial charge is 0.257 e. The Morgan fingerprint density at radius 2 is 1.62 bits per heavy atom. The lowest BCUT2D eigenvalue weighted by Crippen LogP contribution is -2.46. The summed E-state index contributed by atoms with van der Waals surface area (Å²) in [5.74, 6) is -2.65. The van der Waals surface area contributed by atoms with Gasteiger partial charge in [-0.05, 0) is 54.4 Å². The van der Waals surface area contributed by atoms with Crippen LogP contribution in [0.25, 0.3) is 0 Å². The summed E-state index contributed by atoms with van der Waals surface area (Å²) in [6.07, 6.45) is 0.252. The standard InChI is InChI=1S/C25H20F2N2O3/c26-19-9-11-21(12-10-19)29-23(30)16-22(25(29)32)28(14-13-17-5-2-1-3-6-17)24(31)18-7-4-8-20(27)15-18/h1-12,15,22H,13-14,16H2/t22-/m1/s1. The Kier molecular flexibility index (Phi) is 6.07. The largest absolute Gasteiger partial charge is 0.326 e. The molecule has 32 heavy (non-hydrogen) atoms. The van der Waals surface area contributed by atoms with Crippen LogP contribution in [-0.4, -0.2) is 35.2 Å². The summed E-state index contributed by atoms with van der Waals surface area (Å²) in [7, 11) is 0. The van der Waals surface area contributed by atoms with E-state index in [4.69, 9.17) is 0 Å². The highest BCUT2D eigenvalue weighted by molar-refractivity contribution is 6.23. The third-order valence-electron chi connectivity index (χ3n) is 5.40. The monoisotopic (exact) mass is 434 g/mol. The van der Waals surface area contributed by atoms with Gasteiger partial charge in [0.15, 0.2) is 0 Å². The van der Waals surface area contributed by atoms with Crippen molar-refractivity contribution >= 4 is 23.4 Å². The number of halogens is 2. The Morgan fingerprint density at radius 3 is 2.31 bits per heavy atom. The number of imide groups is 1. The fraction of sp³-hybridized carbons (Fsp3) is 0.160. The summed E-state index contributed by atoms with van der Waals surface area (Å²) in [5.41, 5.74) is 1.29. The first-order valence-corrected chi connectivity index (χ1v) is 10.2. The predicted molar refractivity (Wildman–Crippen MR) is 115 cm³/mol. The molecule has 0 unspecified atom stereocenters. The van der Waals surface area contributed by atoms with Crippen LogP contribution in [0.15, 0.2) is 78.9 Å². The van der Waals surface area contributed by atoms with Gasteiger partial charge < -0.3 is 4.90 Å². The van der Waals surface area contributed by atoms with Crippen LogP contribution >= 0.6 is 0 Å². The molecule has 3 amide bonds. The number of carbonyl (C=O) groups is 3. The molecule has 4 rings (SSSR count). The predicted octanol–water partition coefficient (Wildman–Crippen LogP) is 3.98. The van der Waals surface area contributed by atoms with Crippen molar-refractivity contribution in [3.63, 3.8) is 0 Å². The minimum atomic E-state index is -1.04. The van der Waals surface area contributed by atoms with Crippen molar-refractivity contribution in [2.45, 2.75) is 18.9 Å². The summed E-state index contributed by atoms with van der Waals surface area (Å²) >= 11 is 0. The van der Waals surface area contributed by atoms with Crippen molar-refractivity contribution in [1.82, 2.24) is 4.90 Å². The first-order chi connectivity index (χ1) is 15.4. The van der Waals surface area contributed by atoms with Crippen molar-refractivity contribution < 1.29 is 23.2 Å². The first kappa shape index (κ1) is 21.4. The van der Waals surface area contributed by atoms with Gasteiger partial charge in [-0.15, -0.1) is 0 Å². The van der Waals surface area contributed by atoms with Crippen LogP contribution in [0.1, 0.15) is 22.3 Å². The van der Waals surface area contributed by atoms with Gasteiger partial charge in [0.05, 0.1) is 12.1 Å². The fourth-order valence-corrected chi connectivity index (χ4v) is 3.80. The molecule has 0 bridgehead atoms. The quantitative estimate of drug-likeness (QED) is 0.552. The molecule has 3 aromatic rings. The highest BCUT2D eigenvalue weighted by Gasteiger charge is 2.44. The number of carbonyl (C=O) groups excluding carboxylic acids is 3. The zero-order valence-electron chi connectivity index (χ0n) is 17.1. The van der Waals surface area contributed by atoms with Crippen molar-refractivity contribution in [1.29, 1.82) is 0 Å². The molecule has 1 heterocycles. The molecule has 1 aliphatic heterocycles. The van der Waals surface area contributed by atoms with Crippen LogP contribution in [-0.2, 0) is 16.0 Å². The number of rotatable bonds is 6. The summed E-state index contributed by atoms with van der Waals surface area (Å²) in [6, 6.07) is 18.6. The molecule has 0 aromatic heterocycles. The van der Waals surface area contributed by atoms with Gasteiger partial charge in [0.25, 0.3) is 11.8 Å². The highest BCUT2D eigenvalue weighted by atomic mass is 19.1. The number of amides is 3. The molecule has 1 aliphatic rings. The molecule has 1 atom stereocenters. The Balaban J connectivity index is 1.64. The highest BCUT2D eigenvalue weighted by Crippen LogP contribution is 2.27. The van der Waals surface area contributed by atoms with Crippen LogP contribution in [0.3, 0.4) is 0 Å². The zero-order valence-corrected chi connectivity index (χ0v) is 17.1. The Bertz CT molecular complexity index is 1150. The summed E-state index contributed by atoms with van der Waals surface area (Å²) in [5, 5.41) is 0. The number of hydrogen-bond donors (Lipinski definition) is 0. The average molecular weight is 434 g/mol. The van der Waals surface area contributed by atoms with E-state index in [1.54, 1.807) is 0 Å². The van der Waals surface area contributed by atoms with Crippen molar-refractivity contribution in [3.8, 4) is 0 Å². The van der Waals surface area contributed by atoms with E-state index in [1.165, 1.54) is 35.2 Å². The van der Waals surface area contributed by atoms with Gasteiger partial charge in [0, 0.05) is 12.1 Å². The molecule has 0 spiro atoms.